The lowest BCUT2D eigenvalue weighted by Crippen LogP contribution is -2.25. The first-order chi connectivity index (χ1) is 12.3. The van der Waals surface area contributed by atoms with Gasteiger partial charge in [-0.2, -0.15) is 0 Å². The maximum atomic E-state index is 4.79. The molecule has 0 saturated carbocycles. The van der Waals surface area contributed by atoms with Gasteiger partial charge in [-0.1, -0.05) is 56.3 Å². The molecule has 0 unspecified atom stereocenters. The fourth-order valence-corrected chi connectivity index (χ4v) is 2.98. The van der Waals surface area contributed by atoms with Gasteiger partial charge in [0.25, 0.3) is 0 Å². The number of para-hydroxylation sites is 1. The molecule has 0 saturated heterocycles. The number of nitrogens with zero attached hydrogens (tertiary/aromatic N) is 3. The third-order valence-electron chi connectivity index (χ3n) is 4.47. The first kappa shape index (κ1) is 20.1. The third-order valence-corrected chi connectivity index (χ3v) is 4.47. The van der Waals surface area contributed by atoms with Crippen molar-refractivity contribution >= 4 is 29.1 Å². The maximum Gasteiger partial charge on any atom is 0.162 e. The number of benzene rings is 2. The van der Waals surface area contributed by atoms with Gasteiger partial charge in [-0.05, 0) is 38.2 Å². The number of fused-ring (bicyclic) bond motifs is 1. The normalized spacial score (nSPS) is 10.7. The minimum Gasteiger partial charge on any atom is -0.369 e. The van der Waals surface area contributed by atoms with Gasteiger partial charge in [0, 0.05) is 17.5 Å². The highest BCUT2D eigenvalue weighted by Gasteiger charge is 2.09. The summed E-state index contributed by atoms with van der Waals surface area (Å²) in [5.41, 5.74) is 2.02. The van der Waals surface area contributed by atoms with E-state index >= 15 is 0 Å². The van der Waals surface area contributed by atoms with Gasteiger partial charge in [-0.15, -0.1) is 12.4 Å². The zero-order valence-corrected chi connectivity index (χ0v) is 16.3. The lowest BCUT2D eigenvalue weighted by molar-refractivity contribution is 0.303. The molecule has 1 aromatic heterocycles. The maximum absolute atomic E-state index is 4.79. The van der Waals surface area contributed by atoms with Gasteiger partial charge in [-0.25, -0.2) is 9.97 Å². The molecule has 1 N–H and O–H groups in total. The average molecular weight is 371 g/mol. The first-order valence-corrected chi connectivity index (χ1v) is 9.10. The van der Waals surface area contributed by atoms with Crippen molar-refractivity contribution in [3.05, 3.63) is 54.6 Å². The summed E-state index contributed by atoms with van der Waals surface area (Å²) in [6.07, 6.45) is 1.10. The Morgan fingerprint density at radius 1 is 0.885 bits per heavy atom. The van der Waals surface area contributed by atoms with E-state index in [1.165, 1.54) is 0 Å². The molecule has 138 valence electrons. The second-order valence-corrected chi connectivity index (χ2v) is 6.09. The van der Waals surface area contributed by atoms with Crippen molar-refractivity contribution in [3.8, 4) is 11.4 Å². The Morgan fingerprint density at radius 3 is 2.31 bits per heavy atom. The second kappa shape index (κ2) is 10.1. The standard InChI is InChI=1S/C21H26N4.ClH/c1-3-25(4-2)16-10-15-22-21-18-13-8-9-14-19(18)23-20(24-21)17-11-6-5-7-12-17;/h5-9,11-14H,3-4,10,15-16H2,1-2H3,(H,22,23,24);1H. The lowest BCUT2D eigenvalue weighted by Gasteiger charge is -2.18. The molecule has 0 amide bonds. The average Bonchev–Trinajstić information content (AvgIpc) is 2.68. The van der Waals surface area contributed by atoms with Crippen LogP contribution in [0.25, 0.3) is 22.3 Å². The van der Waals surface area contributed by atoms with E-state index in [1.807, 2.05) is 48.5 Å². The predicted octanol–water partition coefficient (Wildman–Crippen LogP) is 4.86. The van der Waals surface area contributed by atoms with Crippen molar-refractivity contribution in [2.75, 3.05) is 31.5 Å². The van der Waals surface area contributed by atoms with Crippen LogP contribution in [0.4, 0.5) is 5.82 Å². The van der Waals surface area contributed by atoms with Gasteiger partial charge in [0.2, 0.25) is 0 Å². The predicted molar refractivity (Wildman–Crippen MR) is 113 cm³/mol. The van der Waals surface area contributed by atoms with E-state index in [0.717, 1.165) is 60.7 Å². The summed E-state index contributed by atoms with van der Waals surface area (Å²) < 4.78 is 0. The van der Waals surface area contributed by atoms with Crippen LogP contribution in [0.15, 0.2) is 54.6 Å². The Balaban J connectivity index is 0.00000243. The molecule has 0 atom stereocenters. The van der Waals surface area contributed by atoms with Crippen molar-refractivity contribution in [3.63, 3.8) is 0 Å². The fourth-order valence-electron chi connectivity index (χ4n) is 2.98. The van der Waals surface area contributed by atoms with Crippen molar-refractivity contribution in [1.82, 2.24) is 14.9 Å². The quantitative estimate of drug-likeness (QED) is 0.575. The van der Waals surface area contributed by atoms with Crippen LogP contribution >= 0.6 is 12.4 Å². The van der Waals surface area contributed by atoms with Gasteiger partial charge in [0.1, 0.15) is 5.82 Å². The molecule has 4 nitrogen and oxygen atoms in total. The molecule has 0 spiro atoms. The van der Waals surface area contributed by atoms with Crippen LogP contribution in [0.1, 0.15) is 20.3 Å². The van der Waals surface area contributed by atoms with E-state index in [0.29, 0.717) is 0 Å². The topological polar surface area (TPSA) is 41.0 Å². The Morgan fingerprint density at radius 2 is 1.58 bits per heavy atom. The third kappa shape index (κ3) is 4.93. The largest absolute Gasteiger partial charge is 0.369 e. The van der Waals surface area contributed by atoms with E-state index in [-0.39, 0.29) is 12.4 Å². The molecule has 0 aliphatic rings. The highest BCUT2D eigenvalue weighted by Crippen LogP contribution is 2.24. The van der Waals surface area contributed by atoms with Gasteiger partial charge in [-0.3, -0.25) is 0 Å². The van der Waals surface area contributed by atoms with E-state index < -0.39 is 0 Å². The van der Waals surface area contributed by atoms with Crippen LogP contribution in [-0.4, -0.2) is 41.0 Å². The second-order valence-electron chi connectivity index (χ2n) is 6.09. The molecule has 0 fully saturated rings. The molecule has 26 heavy (non-hydrogen) atoms. The summed E-state index contributed by atoms with van der Waals surface area (Å²) in [6.45, 7) is 8.64. The van der Waals surface area contributed by atoms with Crippen molar-refractivity contribution in [1.29, 1.82) is 0 Å². The van der Waals surface area contributed by atoms with E-state index in [4.69, 9.17) is 9.97 Å². The number of nitrogens with one attached hydrogen (secondary N) is 1. The van der Waals surface area contributed by atoms with Crippen molar-refractivity contribution < 1.29 is 0 Å². The Hall–Kier alpha value is -2.17. The van der Waals surface area contributed by atoms with E-state index in [9.17, 15) is 0 Å². The number of aromatic nitrogens is 2. The van der Waals surface area contributed by atoms with Gasteiger partial charge < -0.3 is 10.2 Å². The van der Waals surface area contributed by atoms with Gasteiger partial charge in [0.05, 0.1) is 5.52 Å². The van der Waals surface area contributed by atoms with Crippen LogP contribution in [0, 0.1) is 0 Å². The van der Waals surface area contributed by atoms with Crippen LogP contribution in [0.5, 0.6) is 0 Å². The zero-order chi connectivity index (χ0) is 17.5. The molecular formula is C21H27ClN4. The smallest absolute Gasteiger partial charge is 0.162 e. The van der Waals surface area contributed by atoms with Crippen LogP contribution in [0.2, 0.25) is 0 Å². The number of hydrogen-bond donors (Lipinski definition) is 1. The SMILES string of the molecule is CCN(CC)CCCNc1nc(-c2ccccc2)nc2ccccc12.Cl. The summed E-state index contributed by atoms with van der Waals surface area (Å²) in [6, 6.07) is 18.3. The van der Waals surface area contributed by atoms with Crippen LogP contribution in [-0.2, 0) is 0 Å². The molecule has 0 radical (unpaired) electrons. The van der Waals surface area contributed by atoms with E-state index in [2.05, 4.69) is 30.1 Å². The first-order valence-electron chi connectivity index (χ1n) is 9.10. The molecule has 2 aromatic carbocycles. The van der Waals surface area contributed by atoms with Gasteiger partial charge in [0.15, 0.2) is 5.82 Å². The monoisotopic (exact) mass is 370 g/mol. The van der Waals surface area contributed by atoms with Crippen LogP contribution < -0.4 is 5.32 Å². The molecule has 3 rings (SSSR count). The molecule has 0 aliphatic heterocycles. The Kier molecular flexibility index (Phi) is 7.82. The fraction of sp³-hybridized carbons (Fsp3) is 0.333. The number of anilines is 1. The van der Waals surface area contributed by atoms with E-state index in [1.54, 1.807) is 0 Å². The van der Waals surface area contributed by atoms with Crippen LogP contribution in [0.3, 0.4) is 0 Å². The summed E-state index contributed by atoms with van der Waals surface area (Å²) in [4.78, 5) is 12.0. The van der Waals surface area contributed by atoms with Crippen molar-refractivity contribution in [2.24, 2.45) is 0 Å². The highest BCUT2D eigenvalue weighted by molar-refractivity contribution is 5.90. The molecule has 0 aliphatic carbocycles. The zero-order valence-electron chi connectivity index (χ0n) is 15.5. The summed E-state index contributed by atoms with van der Waals surface area (Å²) >= 11 is 0. The Labute approximate surface area is 162 Å². The van der Waals surface area contributed by atoms with Gasteiger partial charge >= 0.3 is 0 Å². The molecule has 0 bridgehead atoms. The minimum atomic E-state index is 0. The lowest BCUT2D eigenvalue weighted by atomic mass is 10.2. The van der Waals surface area contributed by atoms with Crippen molar-refractivity contribution in [2.45, 2.75) is 20.3 Å². The molecule has 5 heteroatoms. The molecular weight excluding hydrogens is 344 g/mol. The minimum absolute atomic E-state index is 0. The summed E-state index contributed by atoms with van der Waals surface area (Å²) in [7, 11) is 0. The number of hydrogen-bond acceptors (Lipinski definition) is 4. The Bertz CT molecular complexity index is 803. The summed E-state index contributed by atoms with van der Waals surface area (Å²) in [5, 5.41) is 4.60. The molecule has 1 heterocycles. The molecule has 3 aromatic rings. The summed E-state index contributed by atoms with van der Waals surface area (Å²) in [5.74, 6) is 1.69. The number of rotatable bonds is 8. The highest BCUT2D eigenvalue weighted by atomic mass is 35.5. The number of halogens is 1.